The van der Waals surface area contributed by atoms with Gasteiger partial charge in [-0.05, 0) is 27.2 Å². The first-order valence-electron chi connectivity index (χ1n) is 6.08. The molecule has 1 N–H and O–H groups in total. The lowest BCUT2D eigenvalue weighted by Crippen LogP contribution is -2.43. The Hall–Kier alpha value is -1.40. The average Bonchev–Trinajstić information content (AvgIpc) is 2.55. The topological polar surface area (TPSA) is 66.8 Å². The van der Waals surface area contributed by atoms with Gasteiger partial charge >= 0.3 is 12.1 Å². The number of alkyl halides is 2. The van der Waals surface area contributed by atoms with Crippen LogP contribution in [0.5, 0.6) is 0 Å². The van der Waals surface area contributed by atoms with Crippen LogP contribution in [0, 0.1) is 5.41 Å². The van der Waals surface area contributed by atoms with Crippen molar-refractivity contribution in [3.05, 3.63) is 0 Å². The number of carbonyl (C=O) groups is 2. The Bertz CT molecular complexity index is 432. The summed E-state index contributed by atoms with van der Waals surface area (Å²) >= 11 is 0. The zero-order valence-corrected chi connectivity index (χ0v) is 11.1. The van der Waals surface area contributed by atoms with Gasteiger partial charge in [0.2, 0.25) is 0 Å². The molecule has 0 aromatic carbocycles. The smallest absolute Gasteiger partial charge is 0.411 e. The minimum atomic E-state index is -2.88. The first-order valence-corrected chi connectivity index (χ1v) is 6.08. The molecule has 0 unspecified atom stereocenters. The number of carboxylic acids is 1. The molecule has 0 radical (unpaired) electrons. The number of amides is 1. The van der Waals surface area contributed by atoms with E-state index in [0.29, 0.717) is 0 Å². The summed E-state index contributed by atoms with van der Waals surface area (Å²) in [5, 5.41) is 9.07. The van der Waals surface area contributed by atoms with Crippen molar-refractivity contribution < 1.29 is 28.2 Å². The quantitative estimate of drug-likeness (QED) is 0.797. The molecule has 2 fully saturated rings. The Morgan fingerprint density at radius 3 is 2.26 bits per heavy atom. The normalized spacial score (nSPS) is 32.5. The molecule has 2 aliphatic rings. The Morgan fingerprint density at radius 2 is 1.89 bits per heavy atom. The van der Waals surface area contributed by atoms with Gasteiger partial charge in [0.05, 0.1) is 5.41 Å². The molecule has 108 valence electrons. The van der Waals surface area contributed by atoms with E-state index in [9.17, 15) is 18.4 Å². The second kappa shape index (κ2) is 3.80. The van der Waals surface area contributed by atoms with Crippen LogP contribution < -0.4 is 0 Å². The molecule has 5 nitrogen and oxygen atoms in total. The van der Waals surface area contributed by atoms with E-state index in [4.69, 9.17) is 9.84 Å². The Labute approximate surface area is 109 Å². The summed E-state index contributed by atoms with van der Waals surface area (Å²) in [6.07, 6.45) is -1.42. The molecule has 1 spiro atoms. The summed E-state index contributed by atoms with van der Waals surface area (Å²) in [4.78, 5) is 23.9. The lowest BCUT2D eigenvalue weighted by Gasteiger charge is -2.26. The number of carboxylic acid groups (broad SMARTS) is 1. The van der Waals surface area contributed by atoms with Crippen molar-refractivity contribution in [3.63, 3.8) is 0 Å². The number of hydrogen-bond donors (Lipinski definition) is 1. The number of hydrogen-bond acceptors (Lipinski definition) is 3. The Morgan fingerprint density at radius 1 is 1.37 bits per heavy atom. The zero-order chi connectivity index (χ0) is 14.6. The summed E-state index contributed by atoms with van der Waals surface area (Å²) in [5.74, 6) is -4.15. The highest BCUT2D eigenvalue weighted by Crippen LogP contribution is 2.66. The average molecular weight is 277 g/mol. The van der Waals surface area contributed by atoms with E-state index < -0.39 is 35.0 Å². The maximum Gasteiger partial charge on any atom is 0.411 e. The minimum Gasteiger partial charge on any atom is -0.480 e. The highest BCUT2D eigenvalue weighted by Gasteiger charge is 2.75. The summed E-state index contributed by atoms with van der Waals surface area (Å²) in [7, 11) is 0. The van der Waals surface area contributed by atoms with E-state index in [1.54, 1.807) is 20.8 Å². The molecule has 7 heteroatoms. The predicted octanol–water partition coefficient (Wildman–Crippen LogP) is 2.11. The van der Waals surface area contributed by atoms with Crippen LogP contribution in [0.25, 0.3) is 0 Å². The second-order valence-corrected chi connectivity index (χ2v) is 6.33. The number of carbonyl (C=O) groups excluding carboxylic acids is 1. The molecule has 0 aromatic heterocycles. The van der Waals surface area contributed by atoms with Gasteiger partial charge in [0.1, 0.15) is 11.6 Å². The Balaban J connectivity index is 2.15. The fourth-order valence-corrected chi connectivity index (χ4v) is 2.49. The third kappa shape index (κ3) is 2.37. The minimum absolute atomic E-state index is 0.214. The summed E-state index contributed by atoms with van der Waals surface area (Å²) in [6.45, 7) is 4.65. The van der Waals surface area contributed by atoms with Crippen molar-refractivity contribution in [2.24, 2.45) is 5.41 Å². The molecule has 2 atom stereocenters. The third-order valence-electron chi connectivity index (χ3n) is 3.56. The molecular weight excluding hydrogens is 260 g/mol. The lowest BCUT2D eigenvalue weighted by molar-refractivity contribution is -0.142. The highest BCUT2D eigenvalue weighted by molar-refractivity contribution is 5.81. The number of rotatable bonds is 1. The Kier molecular flexibility index (Phi) is 2.80. The molecule has 19 heavy (non-hydrogen) atoms. The second-order valence-electron chi connectivity index (χ2n) is 6.33. The van der Waals surface area contributed by atoms with Crippen molar-refractivity contribution >= 4 is 12.1 Å². The monoisotopic (exact) mass is 277 g/mol. The number of nitrogens with zero attached hydrogens (tertiary/aromatic N) is 1. The van der Waals surface area contributed by atoms with Crippen LogP contribution >= 0.6 is 0 Å². The predicted molar refractivity (Wildman–Crippen MR) is 61.0 cm³/mol. The van der Waals surface area contributed by atoms with Gasteiger partial charge in [-0.15, -0.1) is 0 Å². The number of halogens is 2. The SMILES string of the molecule is CC(C)(C)OC(=O)N1C[C@@]2(C[C@H]1C(=O)O)CC2(F)F. The van der Waals surface area contributed by atoms with Crippen LogP contribution in [0.15, 0.2) is 0 Å². The maximum atomic E-state index is 13.3. The van der Waals surface area contributed by atoms with Crippen molar-refractivity contribution in [1.29, 1.82) is 0 Å². The van der Waals surface area contributed by atoms with Crippen molar-refractivity contribution in [3.8, 4) is 0 Å². The van der Waals surface area contributed by atoms with E-state index >= 15 is 0 Å². The van der Waals surface area contributed by atoms with Gasteiger partial charge in [0.15, 0.2) is 0 Å². The number of ether oxygens (including phenoxy) is 1. The van der Waals surface area contributed by atoms with Gasteiger partial charge < -0.3 is 9.84 Å². The van der Waals surface area contributed by atoms with Crippen LogP contribution in [0.3, 0.4) is 0 Å². The van der Waals surface area contributed by atoms with Gasteiger partial charge in [0.25, 0.3) is 5.92 Å². The molecule has 1 heterocycles. The molecule has 1 aliphatic heterocycles. The van der Waals surface area contributed by atoms with E-state index in [1.807, 2.05) is 0 Å². The first kappa shape index (κ1) is 14.0. The maximum absolute atomic E-state index is 13.3. The molecule has 1 saturated carbocycles. The fraction of sp³-hybridized carbons (Fsp3) is 0.833. The van der Waals surface area contributed by atoms with E-state index in [0.717, 1.165) is 4.90 Å². The molecule has 1 amide bonds. The van der Waals surface area contributed by atoms with Crippen molar-refractivity contribution in [1.82, 2.24) is 4.90 Å². The van der Waals surface area contributed by atoms with Gasteiger partial charge in [0, 0.05) is 13.0 Å². The van der Waals surface area contributed by atoms with Crippen LogP contribution in [0.1, 0.15) is 33.6 Å². The van der Waals surface area contributed by atoms with Crippen LogP contribution in [-0.4, -0.2) is 46.2 Å². The zero-order valence-electron chi connectivity index (χ0n) is 11.1. The lowest BCUT2D eigenvalue weighted by atomic mass is 10.0. The van der Waals surface area contributed by atoms with Gasteiger partial charge in [-0.25, -0.2) is 18.4 Å². The van der Waals surface area contributed by atoms with Crippen LogP contribution in [0.2, 0.25) is 0 Å². The summed E-state index contributed by atoms with van der Waals surface area (Å²) in [6, 6.07) is -1.23. The van der Waals surface area contributed by atoms with Gasteiger partial charge in [-0.3, -0.25) is 4.90 Å². The fourth-order valence-electron chi connectivity index (χ4n) is 2.49. The van der Waals surface area contributed by atoms with E-state index in [-0.39, 0.29) is 19.4 Å². The molecular formula is C12H17F2NO4. The molecule has 0 aromatic rings. The highest BCUT2D eigenvalue weighted by atomic mass is 19.3. The van der Waals surface area contributed by atoms with Crippen LogP contribution in [-0.2, 0) is 9.53 Å². The van der Waals surface area contributed by atoms with Gasteiger partial charge in [-0.1, -0.05) is 0 Å². The van der Waals surface area contributed by atoms with Crippen molar-refractivity contribution in [2.75, 3.05) is 6.54 Å². The largest absolute Gasteiger partial charge is 0.480 e. The van der Waals surface area contributed by atoms with E-state index in [1.165, 1.54) is 0 Å². The molecule has 1 saturated heterocycles. The summed E-state index contributed by atoms with van der Waals surface area (Å²) in [5.41, 5.74) is -2.16. The standard InChI is InChI=1S/C12H17F2NO4/c1-10(2,3)19-9(18)15-6-11(5-12(11,13)14)4-7(15)8(16)17/h7H,4-6H2,1-3H3,(H,16,17)/t7-,11+/m0/s1. The number of likely N-dealkylation sites (tertiary alicyclic amines) is 1. The molecule has 2 rings (SSSR count). The summed E-state index contributed by atoms with van der Waals surface area (Å²) < 4.78 is 31.7. The molecule has 0 bridgehead atoms. The van der Waals surface area contributed by atoms with E-state index in [2.05, 4.69) is 0 Å². The first-order chi connectivity index (χ1) is 8.47. The number of aliphatic carboxylic acids is 1. The molecule has 1 aliphatic carbocycles. The van der Waals surface area contributed by atoms with Crippen LogP contribution in [0.4, 0.5) is 13.6 Å². The third-order valence-corrected chi connectivity index (χ3v) is 3.56. The van der Waals surface area contributed by atoms with Crippen molar-refractivity contribution in [2.45, 2.75) is 51.2 Å². The van der Waals surface area contributed by atoms with Gasteiger partial charge in [-0.2, -0.15) is 0 Å².